The van der Waals surface area contributed by atoms with Crippen LogP contribution in [0.25, 0.3) is 0 Å². The Kier molecular flexibility index (Phi) is 43.8. The molecular weight excluding hydrogens is 1060 g/mol. The van der Waals surface area contributed by atoms with E-state index in [1.165, 1.54) is 70.5 Å². The molecule has 0 radical (unpaired) electrons. The normalized spacial score (nSPS) is 14.9. The molecule has 0 aliphatic heterocycles. The van der Waals surface area contributed by atoms with E-state index in [2.05, 4.69) is 31.2 Å². The fourth-order valence-electron chi connectivity index (χ4n) is 9.81. The standard InChI is InChI=1S/C60H102N6O16/c67-51(30-29-50-42-61-46-66-50)43-64-53(60(77)78)21-17-15-16-20-52(68)44-81-38-36-80-35-33-63-57(72)45-82-39-37-79-34-32-62-56(71)31-28-49(59(75)76)40-54(69)48-26-24-47(25-27-48)41-65-55(70)22-18-13-11-9-7-5-3-1-2-4-6-8-10-12-14-19-23-58(73)74/h42,46-49,53,64H,1-41,43-45H2,(H,61,66)(H,62,71)(H,63,72)(H,65,70)(H,73,74)(H,75,76)(H,77,78)/t47?,48?,49-,53+/m1/s1. The largest absolute Gasteiger partial charge is 0.481 e. The number of nitrogens with zero attached hydrogens (tertiary/aromatic N) is 1. The number of carboxylic acids is 3. The van der Waals surface area contributed by atoms with Gasteiger partial charge in [0.25, 0.3) is 0 Å². The molecule has 1 saturated carbocycles. The molecule has 1 aliphatic rings. The summed E-state index contributed by atoms with van der Waals surface area (Å²) in [5.74, 6) is -4.51. The molecular formula is C60H102N6O16. The molecule has 468 valence electrons. The molecule has 2 rings (SSSR count). The lowest BCUT2D eigenvalue weighted by Crippen LogP contribution is -2.39. The molecule has 0 saturated heterocycles. The highest BCUT2D eigenvalue weighted by Crippen LogP contribution is 2.31. The number of aromatic nitrogens is 2. The van der Waals surface area contributed by atoms with Crippen molar-refractivity contribution in [2.75, 3.05) is 79.0 Å². The molecule has 2 atom stereocenters. The molecule has 1 aromatic heterocycles. The second-order valence-corrected chi connectivity index (χ2v) is 21.9. The highest BCUT2D eigenvalue weighted by atomic mass is 16.5. The monoisotopic (exact) mass is 1160 g/mol. The first-order valence-corrected chi connectivity index (χ1v) is 30.8. The van der Waals surface area contributed by atoms with E-state index >= 15 is 0 Å². The van der Waals surface area contributed by atoms with Crippen LogP contribution in [0.5, 0.6) is 0 Å². The first-order chi connectivity index (χ1) is 39.7. The number of hydrogen-bond donors (Lipinski definition) is 8. The van der Waals surface area contributed by atoms with E-state index in [9.17, 15) is 53.4 Å². The van der Waals surface area contributed by atoms with Crippen LogP contribution < -0.4 is 21.3 Å². The van der Waals surface area contributed by atoms with Gasteiger partial charge in [0, 0.05) is 76.0 Å². The van der Waals surface area contributed by atoms with Crippen molar-refractivity contribution in [3.63, 3.8) is 0 Å². The summed E-state index contributed by atoms with van der Waals surface area (Å²) in [6.45, 7) is 1.97. The molecule has 1 heterocycles. The van der Waals surface area contributed by atoms with Gasteiger partial charge < -0.3 is 55.2 Å². The number of Topliss-reactive ketones (excluding diaryl/α,β-unsaturated/α-hetero) is 3. The van der Waals surface area contributed by atoms with Gasteiger partial charge in [0.1, 0.15) is 30.8 Å². The first-order valence-electron chi connectivity index (χ1n) is 30.8. The summed E-state index contributed by atoms with van der Waals surface area (Å²) in [6.07, 6.45) is 28.8. The Morgan fingerprint density at radius 3 is 1.61 bits per heavy atom. The Balaban J connectivity index is 1.35. The predicted molar refractivity (Wildman–Crippen MR) is 308 cm³/mol. The zero-order chi connectivity index (χ0) is 59.7. The second kappa shape index (κ2) is 49.3. The molecule has 0 bridgehead atoms. The topological polar surface area (TPSA) is 328 Å². The molecule has 1 aliphatic carbocycles. The SMILES string of the molecule is O=C(O)CCCCCCCCCCCCCCCCCCC(=O)NCC1CCC(C(=O)C[C@@H](CCC(=O)NCCOCCOCC(=O)NCCOCCOCC(=O)CCCCC[C@H](NCC(=O)CCc2cnc[nH]2)C(=O)O)C(=O)O)CC1. The van der Waals surface area contributed by atoms with Crippen LogP contribution in [0.3, 0.4) is 0 Å². The van der Waals surface area contributed by atoms with Crippen LogP contribution in [-0.4, -0.2) is 163 Å². The van der Waals surface area contributed by atoms with Gasteiger partial charge in [-0.05, 0) is 70.1 Å². The van der Waals surface area contributed by atoms with Crippen molar-refractivity contribution in [1.29, 1.82) is 0 Å². The van der Waals surface area contributed by atoms with E-state index in [1.807, 2.05) is 0 Å². The number of aliphatic carboxylic acids is 3. The molecule has 8 N–H and O–H groups in total. The summed E-state index contributed by atoms with van der Waals surface area (Å²) in [5.41, 5.74) is 0.842. The maximum atomic E-state index is 13.1. The van der Waals surface area contributed by atoms with Crippen molar-refractivity contribution in [3.8, 4) is 0 Å². The van der Waals surface area contributed by atoms with Gasteiger partial charge in [-0.2, -0.15) is 0 Å². The third-order valence-corrected chi connectivity index (χ3v) is 14.8. The summed E-state index contributed by atoms with van der Waals surface area (Å²) in [4.78, 5) is 115. The van der Waals surface area contributed by atoms with Crippen LogP contribution in [0.1, 0.15) is 205 Å². The zero-order valence-electron chi connectivity index (χ0n) is 49.2. The molecule has 82 heavy (non-hydrogen) atoms. The number of carbonyl (C=O) groups is 9. The van der Waals surface area contributed by atoms with Crippen molar-refractivity contribution in [2.45, 2.75) is 212 Å². The van der Waals surface area contributed by atoms with E-state index in [-0.39, 0.29) is 146 Å². The van der Waals surface area contributed by atoms with Gasteiger partial charge in [0.05, 0.1) is 58.4 Å². The molecule has 1 fully saturated rings. The third kappa shape index (κ3) is 41.8. The quantitative estimate of drug-likeness (QED) is 0.0298. The smallest absolute Gasteiger partial charge is 0.320 e. The van der Waals surface area contributed by atoms with E-state index < -0.39 is 29.9 Å². The van der Waals surface area contributed by atoms with E-state index in [1.54, 1.807) is 6.20 Å². The van der Waals surface area contributed by atoms with Crippen molar-refractivity contribution in [3.05, 3.63) is 18.2 Å². The molecule has 1 aromatic rings. The van der Waals surface area contributed by atoms with Crippen molar-refractivity contribution < 1.29 is 77.4 Å². The zero-order valence-corrected chi connectivity index (χ0v) is 49.2. The van der Waals surface area contributed by atoms with Gasteiger partial charge in [-0.15, -0.1) is 0 Å². The van der Waals surface area contributed by atoms with Gasteiger partial charge in [-0.1, -0.05) is 103 Å². The van der Waals surface area contributed by atoms with Crippen LogP contribution in [0.15, 0.2) is 12.5 Å². The van der Waals surface area contributed by atoms with Gasteiger partial charge >= 0.3 is 17.9 Å². The Bertz CT molecular complexity index is 1910. The Labute approximate surface area is 486 Å². The number of nitrogens with one attached hydrogen (secondary N) is 5. The fourth-order valence-corrected chi connectivity index (χ4v) is 9.81. The highest BCUT2D eigenvalue weighted by Gasteiger charge is 2.30. The van der Waals surface area contributed by atoms with Gasteiger partial charge in [0.2, 0.25) is 17.7 Å². The minimum Gasteiger partial charge on any atom is -0.481 e. The lowest BCUT2D eigenvalue weighted by molar-refractivity contribution is -0.145. The molecule has 22 heteroatoms. The van der Waals surface area contributed by atoms with Crippen LogP contribution >= 0.6 is 0 Å². The van der Waals surface area contributed by atoms with Crippen molar-refractivity contribution in [1.82, 2.24) is 31.2 Å². The number of rotatable bonds is 57. The highest BCUT2D eigenvalue weighted by molar-refractivity contribution is 5.86. The Morgan fingerprint density at radius 1 is 0.524 bits per heavy atom. The summed E-state index contributed by atoms with van der Waals surface area (Å²) in [5, 5.41) is 39.2. The third-order valence-electron chi connectivity index (χ3n) is 14.8. The number of ketones is 3. The van der Waals surface area contributed by atoms with Crippen LogP contribution in [0.2, 0.25) is 0 Å². The van der Waals surface area contributed by atoms with E-state index in [0.29, 0.717) is 70.3 Å². The number of amides is 3. The number of aryl methyl sites for hydroxylation is 1. The number of carboxylic acid groups (broad SMARTS) is 3. The average Bonchev–Trinajstić information content (AvgIpc) is 4.00. The number of unbranched alkanes of at least 4 members (excludes halogenated alkanes) is 17. The van der Waals surface area contributed by atoms with Crippen LogP contribution in [0, 0.1) is 17.8 Å². The number of ether oxygens (including phenoxy) is 4. The molecule has 0 spiro atoms. The summed E-state index contributed by atoms with van der Waals surface area (Å²) < 4.78 is 21.6. The molecule has 22 nitrogen and oxygen atoms in total. The number of carbonyl (C=O) groups excluding carboxylic acids is 6. The Morgan fingerprint density at radius 2 is 1.05 bits per heavy atom. The number of aromatic amines is 1. The van der Waals surface area contributed by atoms with Crippen molar-refractivity contribution in [2.24, 2.45) is 17.8 Å². The van der Waals surface area contributed by atoms with E-state index in [4.69, 9.17) is 24.1 Å². The number of imidazole rings is 1. The summed E-state index contributed by atoms with van der Waals surface area (Å²) >= 11 is 0. The maximum Gasteiger partial charge on any atom is 0.320 e. The summed E-state index contributed by atoms with van der Waals surface area (Å²) in [6, 6.07) is -0.838. The molecule has 0 unspecified atom stereocenters. The first kappa shape index (κ1) is 72.9. The fraction of sp³-hybridized carbons (Fsp3) is 0.800. The maximum absolute atomic E-state index is 13.1. The predicted octanol–water partition coefficient (Wildman–Crippen LogP) is 7.24. The second-order valence-electron chi connectivity index (χ2n) is 21.9. The molecule has 0 aromatic carbocycles. The minimum atomic E-state index is -1.10. The average molecular weight is 1160 g/mol. The van der Waals surface area contributed by atoms with E-state index in [0.717, 1.165) is 57.1 Å². The van der Waals surface area contributed by atoms with Gasteiger partial charge in [-0.25, -0.2) is 4.98 Å². The lowest BCUT2D eigenvalue weighted by Gasteiger charge is -2.28. The van der Waals surface area contributed by atoms with Crippen LogP contribution in [-0.2, 0) is 68.5 Å². The van der Waals surface area contributed by atoms with Gasteiger partial charge in [0.15, 0.2) is 5.78 Å². The number of hydrogen-bond acceptors (Lipinski definition) is 15. The lowest BCUT2D eigenvalue weighted by atomic mass is 9.78. The summed E-state index contributed by atoms with van der Waals surface area (Å²) in [7, 11) is 0. The number of H-pyrrole nitrogens is 1. The minimum absolute atomic E-state index is 0.0262. The van der Waals surface area contributed by atoms with Crippen LogP contribution in [0.4, 0.5) is 0 Å². The van der Waals surface area contributed by atoms with Gasteiger partial charge in [-0.3, -0.25) is 48.5 Å². The Hall–Kier alpha value is -5.16. The molecule has 3 amide bonds. The van der Waals surface area contributed by atoms with Crippen molar-refractivity contribution >= 4 is 53.0 Å².